The van der Waals surface area contributed by atoms with E-state index >= 15 is 0 Å². The number of hydrogen-bond donors (Lipinski definition) is 1. The van der Waals surface area contributed by atoms with Crippen LogP contribution in [-0.2, 0) is 14.9 Å². The van der Waals surface area contributed by atoms with E-state index in [1.54, 1.807) is 0 Å². The molecule has 0 aromatic carbocycles. The smallest absolute Gasteiger partial charge is 0.264 e. The molecule has 0 aromatic rings. The van der Waals surface area contributed by atoms with Crippen LogP contribution in [0, 0.1) is 0 Å². The number of rotatable bonds is 9. The van der Waals surface area contributed by atoms with Gasteiger partial charge in [0, 0.05) is 6.61 Å². The molecule has 0 spiro atoms. The van der Waals surface area contributed by atoms with Crippen molar-refractivity contribution in [3.05, 3.63) is 0 Å². The molecule has 3 fully saturated rings. The van der Waals surface area contributed by atoms with E-state index in [0.717, 1.165) is 23.4 Å². The number of hydrogen-bond acceptors (Lipinski definition) is 3. The predicted molar refractivity (Wildman–Crippen MR) is 118 cm³/mol. The molecule has 0 aromatic heterocycles. The molecule has 0 amide bonds. The fourth-order valence-electron chi connectivity index (χ4n) is 5.83. The molecule has 164 valence electrons. The first-order chi connectivity index (χ1) is 13.5. The van der Waals surface area contributed by atoms with Gasteiger partial charge >= 0.3 is 0 Å². The van der Waals surface area contributed by atoms with E-state index in [9.17, 15) is 8.42 Å². The van der Waals surface area contributed by atoms with Gasteiger partial charge in [-0.25, -0.2) is 0 Å². The van der Waals surface area contributed by atoms with Crippen LogP contribution in [0.15, 0.2) is 0 Å². The molecule has 0 saturated heterocycles. The highest BCUT2D eigenvalue weighted by atomic mass is 32.2. The minimum atomic E-state index is -3.83. The molecule has 0 radical (unpaired) electrons. The average molecular weight is 433 g/mol. The van der Waals surface area contributed by atoms with Gasteiger partial charge in [0.15, 0.2) is 0 Å². The molecule has 6 heteroatoms. The second kappa shape index (κ2) is 11.6. The largest absolute Gasteiger partial charge is 0.378 e. The summed E-state index contributed by atoms with van der Waals surface area (Å²) in [5.74, 6) is -0.141. The fourth-order valence-corrected chi connectivity index (χ4v) is 11.1. The Kier molecular flexibility index (Phi) is 9.54. The van der Waals surface area contributed by atoms with Gasteiger partial charge in [0.05, 0.1) is 11.9 Å². The predicted octanol–water partition coefficient (Wildman–Crippen LogP) is 6.13. The Morgan fingerprint density at radius 1 is 0.750 bits per heavy atom. The van der Waals surface area contributed by atoms with Crippen LogP contribution in [0.25, 0.3) is 0 Å². The fraction of sp³-hybridized carbons (Fsp3) is 1.00. The molecular formula is C22H41O4PS. The maximum Gasteiger partial charge on any atom is 0.264 e. The standard InChI is InChI=1S/C22H41O4PS/c23-28(24,25)17-8-7-16-26-19-10-9-15-22(18-19)27(20-11-3-1-4-12-20)21-13-5-2-6-14-21/h19-22H,1-18H2,(H,23,24,25). The van der Waals surface area contributed by atoms with E-state index < -0.39 is 10.1 Å². The van der Waals surface area contributed by atoms with Gasteiger partial charge in [-0.05, 0) is 74.8 Å². The van der Waals surface area contributed by atoms with E-state index in [4.69, 9.17) is 9.29 Å². The van der Waals surface area contributed by atoms with Crippen LogP contribution in [0.1, 0.15) is 103 Å². The molecule has 3 saturated carbocycles. The van der Waals surface area contributed by atoms with E-state index in [1.807, 2.05) is 0 Å². The molecule has 0 aliphatic heterocycles. The van der Waals surface area contributed by atoms with E-state index in [-0.39, 0.29) is 13.7 Å². The van der Waals surface area contributed by atoms with Gasteiger partial charge < -0.3 is 4.74 Å². The van der Waals surface area contributed by atoms with Crippen LogP contribution in [0.2, 0.25) is 0 Å². The first kappa shape index (κ1) is 23.0. The molecule has 3 aliphatic carbocycles. The maximum absolute atomic E-state index is 10.8. The Balaban J connectivity index is 1.51. The van der Waals surface area contributed by atoms with Gasteiger partial charge in [-0.2, -0.15) is 8.42 Å². The molecule has 2 unspecified atom stereocenters. The van der Waals surface area contributed by atoms with Crippen molar-refractivity contribution in [1.82, 2.24) is 0 Å². The Bertz CT molecular complexity index is 523. The first-order valence-electron chi connectivity index (χ1n) is 11.9. The van der Waals surface area contributed by atoms with Crippen molar-refractivity contribution in [1.29, 1.82) is 0 Å². The molecule has 3 rings (SSSR count). The van der Waals surface area contributed by atoms with E-state index in [0.29, 0.717) is 19.1 Å². The highest BCUT2D eigenvalue weighted by Crippen LogP contribution is 2.61. The number of unbranched alkanes of at least 4 members (excludes halogenated alkanes) is 1. The molecular weight excluding hydrogens is 391 g/mol. The van der Waals surface area contributed by atoms with Crippen molar-refractivity contribution in [3.8, 4) is 0 Å². The monoisotopic (exact) mass is 432 g/mol. The maximum atomic E-state index is 10.8. The Hall–Kier alpha value is 0.300. The summed E-state index contributed by atoms with van der Waals surface area (Å²) >= 11 is 0. The van der Waals surface area contributed by atoms with Crippen LogP contribution < -0.4 is 0 Å². The second-order valence-corrected chi connectivity index (χ2v) is 14.0. The van der Waals surface area contributed by atoms with Gasteiger partial charge in [-0.15, -0.1) is 0 Å². The van der Waals surface area contributed by atoms with Crippen molar-refractivity contribution in [2.24, 2.45) is 0 Å². The van der Waals surface area contributed by atoms with Gasteiger partial charge in [-0.1, -0.05) is 52.9 Å². The molecule has 3 aliphatic rings. The van der Waals surface area contributed by atoms with Gasteiger partial charge in [0.1, 0.15) is 0 Å². The summed E-state index contributed by atoms with van der Waals surface area (Å²) in [7, 11) is -3.70. The zero-order valence-electron chi connectivity index (χ0n) is 17.6. The van der Waals surface area contributed by atoms with E-state index in [1.165, 1.54) is 89.9 Å². The third-order valence-corrected chi connectivity index (χ3v) is 12.0. The van der Waals surface area contributed by atoms with Crippen molar-refractivity contribution in [2.75, 3.05) is 12.4 Å². The second-order valence-electron chi connectivity index (χ2n) is 9.34. The lowest BCUT2D eigenvalue weighted by Gasteiger charge is -2.45. The zero-order valence-corrected chi connectivity index (χ0v) is 19.3. The molecule has 0 heterocycles. The summed E-state index contributed by atoms with van der Waals surface area (Å²) in [6.07, 6.45) is 21.4. The summed E-state index contributed by atoms with van der Waals surface area (Å²) < 4.78 is 36.7. The van der Waals surface area contributed by atoms with Crippen LogP contribution in [0.5, 0.6) is 0 Å². The SMILES string of the molecule is O=S(=O)(O)CCCCOC1CCCC(P(C2CCCCC2)C2CCCCC2)C1. The summed E-state index contributed by atoms with van der Waals surface area (Å²) in [6.45, 7) is 0.637. The normalized spacial score (nSPS) is 28.6. The highest BCUT2D eigenvalue weighted by Gasteiger charge is 2.38. The van der Waals surface area contributed by atoms with Gasteiger partial charge in [0.2, 0.25) is 0 Å². The molecule has 2 atom stereocenters. The zero-order chi connectivity index (χ0) is 19.8. The lowest BCUT2D eigenvalue weighted by Crippen LogP contribution is -2.32. The van der Waals surface area contributed by atoms with Crippen molar-refractivity contribution in [2.45, 2.75) is 126 Å². The molecule has 4 nitrogen and oxygen atoms in total. The first-order valence-corrected chi connectivity index (χ1v) is 15.0. The topological polar surface area (TPSA) is 63.6 Å². The lowest BCUT2D eigenvalue weighted by molar-refractivity contribution is 0.0280. The van der Waals surface area contributed by atoms with Crippen molar-refractivity contribution < 1.29 is 17.7 Å². The summed E-state index contributed by atoms with van der Waals surface area (Å²) in [6, 6.07) is 0. The minimum absolute atomic E-state index is 0.129. The lowest BCUT2D eigenvalue weighted by atomic mass is 9.97. The summed E-state index contributed by atoms with van der Waals surface area (Å²) in [5.41, 5.74) is 2.94. The van der Waals surface area contributed by atoms with Crippen molar-refractivity contribution >= 4 is 18.0 Å². The number of ether oxygens (including phenoxy) is 1. The summed E-state index contributed by atoms with van der Waals surface area (Å²) in [5, 5.41) is 0. The molecule has 0 bridgehead atoms. The van der Waals surface area contributed by atoms with Gasteiger partial charge in [0.25, 0.3) is 10.1 Å². The summed E-state index contributed by atoms with van der Waals surface area (Å²) in [4.78, 5) is 0. The van der Waals surface area contributed by atoms with Gasteiger partial charge in [-0.3, -0.25) is 4.55 Å². The quantitative estimate of drug-likeness (QED) is 0.270. The highest BCUT2D eigenvalue weighted by molar-refractivity contribution is 7.85. The third-order valence-electron chi connectivity index (χ3n) is 7.16. The Labute approximate surface area is 174 Å². The molecule has 28 heavy (non-hydrogen) atoms. The average Bonchev–Trinajstić information content (AvgIpc) is 2.69. The van der Waals surface area contributed by atoms with Crippen molar-refractivity contribution in [3.63, 3.8) is 0 Å². The Morgan fingerprint density at radius 3 is 1.89 bits per heavy atom. The third kappa shape index (κ3) is 7.52. The van der Waals surface area contributed by atoms with Crippen LogP contribution in [-0.4, -0.2) is 48.4 Å². The van der Waals surface area contributed by atoms with E-state index in [2.05, 4.69) is 0 Å². The minimum Gasteiger partial charge on any atom is -0.378 e. The van der Waals surface area contributed by atoms with Crippen LogP contribution in [0.3, 0.4) is 0 Å². The molecule has 1 N–H and O–H groups in total. The van der Waals surface area contributed by atoms with Crippen LogP contribution >= 0.6 is 7.92 Å². The Morgan fingerprint density at radius 2 is 1.32 bits per heavy atom. The van der Waals surface area contributed by atoms with Crippen LogP contribution in [0.4, 0.5) is 0 Å².